The number of carbonyl (C=O) groups is 1. The summed E-state index contributed by atoms with van der Waals surface area (Å²) < 4.78 is 10.7. The number of nitrogens with zero attached hydrogens (tertiary/aromatic N) is 1. The molecular weight excluding hydrogens is 388 g/mol. The van der Waals surface area contributed by atoms with Gasteiger partial charge in [-0.15, -0.1) is 0 Å². The third kappa shape index (κ3) is 4.42. The van der Waals surface area contributed by atoms with E-state index in [4.69, 9.17) is 9.47 Å². The maximum atomic E-state index is 13.5. The Balaban J connectivity index is 1.63. The molecule has 0 bridgehead atoms. The van der Waals surface area contributed by atoms with Crippen molar-refractivity contribution < 1.29 is 14.3 Å². The van der Waals surface area contributed by atoms with E-state index in [0.29, 0.717) is 25.3 Å². The van der Waals surface area contributed by atoms with Crippen molar-refractivity contribution in [2.24, 2.45) is 0 Å². The van der Waals surface area contributed by atoms with Crippen LogP contribution in [0.2, 0.25) is 0 Å². The van der Waals surface area contributed by atoms with Crippen molar-refractivity contribution in [3.05, 3.63) is 95.6 Å². The SMILES string of the molecule is COCCOc1ccc(C2(C)Nc3ccccc3C(=O)N2CCc2ccccc2)cc1. The fourth-order valence-electron chi connectivity index (χ4n) is 4.01. The molecule has 1 aliphatic heterocycles. The fraction of sp³-hybridized carbons (Fsp3) is 0.269. The van der Waals surface area contributed by atoms with Crippen LogP contribution in [0.5, 0.6) is 5.75 Å². The molecule has 1 heterocycles. The van der Waals surface area contributed by atoms with Crippen molar-refractivity contribution in [2.45, 2.75) is 19.0 Å². The molecular formula is C26H28N2O3. The summed E-state index contributed by atoms with van der Waals surface area (Å²) in [7, 11) is 1.65. The zero-order valence-electron chi connectivity index (χ0n) is 18.0. The molecule has 0 radical (unpaired) electrons. The first kappa shape index (κ1) is 20.9. The summed E-state index contributed by atoms with van der Waals surface area (Å²) in [5.41, 5.74) is 3.09. The second kappa shape index (κ2) is 9.23. The highest BCUT2D eigenvalue weighted by Crippen LogP contribution is 2.38. The van der Waals surface area contributed by atoms with Gasteiger partial charge in [-0.1, -0.05) is 54.6 Å². The van der Waals surface area contributed by atoms with Crippen LogP contribution in [-0.4, -0.2) is 37.7 Å². The molecule has 1 amide bonds. The van der Waals surface area contributed by atoms with Crippen LogP contribution in [0, 0.1) is 0 Å². The summed E-state index contributed by atoms with van der Waals surface area (Å²) in [5, 5.41) is 3.62. The predicted molar refractivity (Wildman–Crippen MR) is 122 cm³/mol. The number of hydrogen-bond donors (Lipinski definition) is 1. The van der Waals surface area contributed by atoms with Gasteiger partial charge in [0.1, 0.15) is 18.0 Å². The van der Waals surface area contributed by atoms with Crippen molar-refractivity contribution in [1.82, 2.24) is 4.90 Å². The van der Waals surface area contributed by atoms with Gasteiger partial charge in [-0.25, -0.2) is 0 Å². The van der Waals surface area contributed by atoms with Crippen LogP contribution in [-0.2, 0) is 16.8 Å². The summed E-state index contributed by atoms with van der Waals surface area (Å²) >= 11 is 0. The second-order valence-corrected chi connectivity index (χ2v) is 7.80. The molecule has 0 spiro atoms. The Morgan fingerprint density at radius 1 is 0.903 bits per heavy atom. The highest BCUT2D eigenvalue weighted by Gasteiger charge is 2.42. The lowest BCUT2D eigenvalue weighted by molar-refractivity contribution is 0.0539. The summed E-state index contributed by atoms with van der Waals surface area (Å²) in [4.78, 5) is 15.4. The van der Waals surface area contributed by atoms with Gasteiger partial charge in [-0.05, 0) is 48.7 Å². The van der Waals surface area contributed by atoms with Crippen LogP contribution < -0.4 is 10.1 Å². The van der Waals surface area contributed by atoms with Gasteiger partial charge >= 0.3 is 0 Å². The number of nitrogens with one attached hydrogen (secondary N) is 1. The van der Waals surface area contributed by atoms with Crippen LogP contribution in [0.4, 0.5) is 5.69 Å². The number of carbonyl (C=O) groups excluding carboxylic acids is 1. The van der Waals surface area contributed by atoms with E-state index in [0.717, 1.165) is 23.4 Å². The minimum Gasteiger partial charge on any atom is -0.491 e. The van der Waals surface area contributed by atoms with E-state index in [9.17, 15) is 4.79 Å². The molecule has 1 atom stereocenters. The largest absolute Gasteiger partial charge is 0.491 e. The van der Waals surface area contributed by atoms with Gasteiger partial charge in [-0.2, -0.15) is 0 Å². The standard InChI is InChI=1S/C26H28N2O3/c1-26(21-12-14-22(15-13-21)31-19-18-30-2)27-24-11-7-6-10-23(24)25(29)28(26)17-16-20-8-4-3-5-9-20/h3-15,27H,16-19H2,1-2H3. The van der Waals surface area contributed by atoms with Gasteiger partial charge in [0.15, 0.2) is 0 Å². The average molecular weight is 417 g/mol. The van der Waals surface area contributed by atoms with Crippen molar-refractivity contribution in [1.29, 1.82) is 0 Å². The third-order valence-electron chi connectivity index (χ3n) is 5.76. The lowest BCUT2D eigenvalue weighted by Crippen LogP contribution is -2.56. The van der Waals surface area contributed by atoms with Crippen molar-refractivity contribution >= 4 is 11.6 Å². The van der Waals surface area contributed by atoms with E-state index in [1.165, 1.54) is 5.56 Å². The highest BCUT2D eigenvalue weighted by atomic mass is 16.5. The van der Waals surface area contributed by atoms with Gasteiger partial charge in [0, 0.05) is 19.3 Å². The Labute approximate surface area is 183 Å². The minimum atomic E-state index is -0.675. The van der Waals surface area contributed by atoms with Crippen molar-refractivity contribution in [3.8, 4) is 5.75 Å². The van der Waals surface area contributed by atoms with E-state index in [-0.39, 0.29) is 5.91 Å². The van der Waals surface area contributed by atoms with Gasteiger partial charge in [0.25, 0.3) is 5.91 Å². The van der Waals surface area contributed by atoms with Gasteiger partial charge in [0.2, 0.25) is 0 Å². The van der Waals surface area contributed by atoms with Crippen LogP contribution >= 0.6 is 0 Å². The van der Waals surface area contributed by atoms with E-state index in [1.807, 2.05) is 71.6 Å². The molecule has 5 nitrogen and oxygen atoms in total. The third-order valence-corrected chi connectivity index (χ3v) is 5.76. The molecule has 0 saturated heterocycles. The number of methoxy groups -OCH3 is 1. The minimum absolute atomic E-state index is 0.0354. The van der Waals surface area contributed by atoms with Crippen molar-refractivity contribution in [3.63, 3.8) is 0 Å². The molecule has 160 valence electrons. The predicted octanol–water partition coefficient (Wildman–Crippen LogP) is 4.70. The Morgan fingerprint density at radius 3 is 2.35 bits per heavy atom. The first-order chi connectivity index (χ1) is 15.1. The molecule has 1 unspecified atom stereocenters. The number of amides is 1. The zero-order valence-corrected chi connectivity index (χ0v) is 18.0. The lowest BCUT2D eigenvalue weighted by Gasteiger charge is -2.47. The van der Waals surface area contributed by atoms with E-state index in [2.05, 4.69) is 24.4 Å². The number of rotatable bonds is 8. The monoisotopic (exact) mass is 416 g/mol. The summed E-state index contributed by atoms with van der Waals surface area (Å²) in [6.07, 6.45) is 0.782. The second-order valence-electron chi connectivity index (χ2n) is 7.80. The molecule has 4 rings (SSSR count). The molecule has 0 saturated carbocycles. The molecule has 3 aromatic carbocycles. The maximum Gasteiger partial charge on any atom is 0.258 e. The van der Waals surface area contributed by atoms with E-state index in [1.54, 1.807) is 7.11 Å². The molecule has 0 fully saturated rings. The molecule has 1 N–H and O–H groups in total. The van der Waals surface area contributed by atoms with E-state index >= 15 is 0 Å². The van der Waals surface area contributed by atoms with Crippen LogP contribution in [0.3, 0.4) is 0 Å². The number of ether oxygens (including phenoxy) is 2. The maximum absolute atomic E-state index is 13.5. The molecule has 0 aliphatic carbocycles. The first-order valence-corrected chi connectivity index (χ1v) is 10.6. The Morgan fingerprint density at radius 2 is 1.61 bits per heavy atom. The average Bonchev–Trinajstić information content (AvgIpc) is 2.80. The Bertz CT molecular complexity index is 1020. The van der Waals surface area contributed by atoms with E-state index < -0.39 is 5.66 Å². The zero-order chi connectivity index (χ0) is 21.7. The quantitative estimate of drug-likeness (QED) is 0.541. The number of anilines is 1. The first-order valence-electron chi connectivity index (χ1n) is 10.6. The number of para-hydroxylation sites is 1. The number of hydrogen-bond acceptors (Lipinski definition) is 4. The summed E-state index contributed by atoms with van der Waals surface area (Å²) in [5.74, 6) is 0.816. The summed E-state index contributed by atoms with van der Waals surface area (Å²) in [6, 6.07) is 25.9. The fourth-order valence-corrected chi connectivity index (χ4v) is 4.01. The molecule has 5 heteroatoms. The number of fused-ring (bicyclic) bond motifs is 1. The summed E-state index contributed by atoms with van der Waals surface area (Å²) in [6.45, 7) is 3.71. The Hall–Kier alpha value is -3.31. The Kier molecular flexibility index (Phi) is 6.23. The smallest absolute Gasteiger partial charge is 0.258 e. The van der Waals surface area contributed by atoms with Gasteiger partial charge < -0.3 is 19.7 Å². The molecule has 3 aromatic rings. The highest BCUT2D eigenvalue weighted by molar-refractivity contribution is 6.02. The number of benzene rings is 3. The van der Waals surface area contributed by atoms with Gasteiger partial charge in [0.05, 0.1) is 12.2 Å². The normalized spacial score (nSPS) is 17.7. The van der Waals surface area contributed by atoms with Crippen LogP contribution in [0.15, 0.2) is 78.9 Å². The molecule has 0 aromatic heterocycles. The lowest BCUT2D eigenvalue weighted by atomic mass is 9.93. The topological polar surface area (TPSA) is 50.8 Å². The van der Waals surface area contributed by atoms with Crippen molar-refractivity contribution in [2.75, 3.05) is 32.2 Å². The molecule has 1 aliphatic rings. The van der Waals surface area contributed by atoms with Crippen LogP contribution in [0.25, 0.3) is 0 Å². The van der Waals surface area contributed by atoms with Crippen LogP contribution in [0.1, 0.15) is 28.4 Å². The van der Waals surface area contributed by atoms with Gasteiger partial charge in [-0.3, -0.25) is 4.79 Å². The molecule has 31 heavy (non-hydrogen) atoms.